The number of alkyl halides is 1. The van der Waals surface area contributed by atoms with Crippen molar-refractivity contribution in [3.63, 3.8) is 0 Å². The van der Waals surface area contributed by atoms with Gasteiger partial charge in [-0.2, -0.15) is 0 Å². The molecule has 0 aromatic carbocycles. The maximum atomic E-state index is 5.61. The normalized spacial score (nSPS) is 16.4. The molecule has 1 nitrogen and oxygen atoms in total. The highest BCUT2D eigenvalue weighted by molar-refractivity contribution is 6.17. The first-order valence-electron chi connectivity index (χ1n) is 4.50. The van der Waals surface area contributed by atoms with Crippen LogP contribution in [0, 0.1) is 5.92 Å². The van der Waals surface area contributed by atoms with Crippen LogP contribution in [0.5, 0.6) is 0 Å². The molecule has 0 bridgehead atoms. The summed E-state index contributed by atoms with van der Waals surface area (Å²) in [5.41, 5.74) is 0. The largest absolute Gasteiger partial charge is 0.314 e. The van der Waals surface area contributed by atoms with Crippen LogP contribution in [0.25, 0.3) is 0 Å². The Hall–Kier alpha value is 0.250. The highest BCUT2D eigenvalue weighted by Gasteiger charge is 2.02. The molecule has 0 saturated heterocycles. The van der Waals surface area contributed by atoms with Crippen LogP contribution in [0.15, 0.2) is 0 Å². The maximum Gasteiger partial charge on any atom is 0.0238 e. The molecule has 2 unspecified atom stereocenters. The predicted octanol–water partition coefficient (Wildman–Crippen LogP) is 2.64. The molecule has 1 N–H and O–H groups in total. The molecule has 0 radical (unpaired) electrons. The smallest absolute Gasteiger partial charge is 0.0238 e. The molecule has 0 aliphatic heterocycles. The van der Waals surface area contributed by atoms with E-state index in [0.717, 1.165) is 24.8 Å². The molecule has 0 fully saturated rings. The molecule has 0 heterocycles. The number of rotatable bonds is 6. The van der Waals surface area contributed by atoms with E-state index in [0.29, 0.717) is 6.04 Å². The zero-order valence-corrected chi connectivity index (χ0v) is 8.62. The Bertz CT molecular complexity index is 85.6. The van der Waals surface area contributed by atoms with Gasteiger partial charge in [0.2, 0.25) is 0 Å². The lowest BCUT2D eigenvalue weighted by molar-refractivity contribution is 0.447. The molecular weight excluding hydrogens is 158 g/mol. The first kappa shape index (κ1) is 11.2. The fourth-order valence-corrected chi connectivity index (χ4v) is 1.14. The van der Waals surface area contributed by atoms with E-state index in [4.69, 9.17) is 11.6 Å². The molecule has 68 valence electrons. The third kappa shape index (κ3) is 6.64. The Morgan fingerprint density at radius 2 is 2.00 bits per heavy atom. The Kier molecular flexibility index (Phi) is 7.09. The Morgan fingerprint density at radius 3 is 2.45 bits per heavy atom. The minimum atomic E-state index is 0.571. The van der Waals surface area contributed by atoms with Gasteiger partial charge in [0, 0.05) is 11.9 Å². The highest BCUT2D eigenvalue weighted by atomic mass is 35.5. The fraction of sp³-hybridized carbons (Fsp3) is 1.00. The van der Waals surface area contributed by atoms with Crippen molar-refractivity contribution in [2.24, 2.45) is 5.92 Å². The molecule has 0 spiro atoms. The number of hydrogen-bond acceptors (Lipinski definition) is 1. The summed E-state index contributed by atoms with van der Waals surface area (Å²) in [6, 6.07) is 0.571. The molecule has 0 rings (SSSR count). The van der Waals surface area contributed by atoms with Gasteiger partial charge >= 0.3 is 0 Å². The molecule has 0 amide bonds. The van der Waals surface area contributed by atoms with Crippen molar-refractivity contribution in [3.8, 4) is 0 Å². The average molecular weight is 178 g/mol. The van der Waals surface area contributed by atoms with Gasteiger partial charge in [0.25, 0.3) is 0 Å². The summed E-state index contributed by atoms with van der Waals surface area (Å²) in [5, 5.41) is 3.45. The fourth-order valence-electron chi connectivity index (χ4n) is 0.812. The quantitative estimate of drug-likeness (QED) is 0.616. The minimum absolute atomic E-state index is 0.571. The predicted molar refractivity (Wildman–Crippen MR) is 52.3 cm³/mol. The van der Waals surface area contributed by atoms with Gasteiger partial charge < -0.3 is 5.32 Å². The standard InChI is InChI=1S/C9H20ClN/c1-4-8(2)7-11-9(3)5-6-10/h8-9,11H,4-7H2,1-3H3. The Labute approximate surface area is 75.5 Å². The lowest BCUT2D eigenvalue weighted by atomic mass is 10.1. The summed E-state index contributed by atoms with van der Waals surface area (Å²) >= 11 is 5.61. The number of hydrogen-bond donors (Lipinski definition) is 1. The van der Waals surface area contributed by atoms with E-state index in [1.807, 2.05) is 0 Å². The minimum Gasteiger partial charge on any atom is -0.314 e. The van der Waals surface area contributed by atoms with Crippen LogP contribution in [0.2, 0.25) is 0 Å². The third-order valence-electron chi connectivity index (χ3n) is 2.05. The van der Waals surface area contributed by atoms with Crippen LogP contribution < -0.4 is 5.32 Å². The van der Waals surface area contributed by atoms with E-state index < -0.39 is 0 Å². The summed E-state index contributed by atoms with van der Waals surface area (Å²) < 4.78 is 0. The van der Waals surface area contributed by atoms with Gasteiger partial charge in [-0.15, -0.1) is 11.6 Å². The van der Waals surface area contributed by atoms with E-state index in [2.05, 4.69) is 26.1 Å². The third-order valence-corrected chi connectivity index (χ3v) is 2.27. The molecule has 11 heavy (non-hydrogen) atoms. The SMILES string of the molecule is CCC(C)CNC(C)CCCl. The molecule has 2 atom stereocenters. The zero-order valence-electron chi connectivity index (χ0n) is 7.86. The van der Waals surface area contributed by atoms with Gasteiger partial charge in [-0.3, -0.25) is 0 Å². The second-order valence-electron chi connectivity index (χ2n) is 3.30. The van der Waals surface area contributed by atoms with Gasteiger partial charge in [0.05, 0.1) is 0 Å². The van der Waals surface area contributed by atoms with E-state index >= 15 is 0 Å². The van der Waals surface area contributed by atoms with Crippen LogP contribution in [-0.4, -0.2) is 18.5 Å². The van der Waals surface area contributed by atoms with Gasteiger partial charge in [0.15, 0.2) is 0 Å². The van der Waals surface area contributed by atoms with Crippen LogP contribution in [0.4, 0.5) is 0 Å². The topological polar surface area (TPSA) is 12.0 Å². The van der Waals surface area contributed by atoms with Crippen LogP contribution >= 0.6 is 11.6 Å². The lowest BCUT2D eigenvalue weighted by Crippen LogP contribution is -2.30. The van der Waals surface area contributed by atoms with E-state index in [-0.39, 0.29) is 0 Å². The Morgan fingerprint density at radius 1 is 1.36 bits per heavy atom. The van der Waals surface area contributed by atoms with E-state index in [9.17, 15) is 0 Å². The molecule has 0 aliphatic carbocycles. The van der Waals surface area contributed by atoms with Crippen molar-refractivity contribution in [2.45, 2.75) is 39.7 Å². The molecule has 0 saturated carbocycles. The molecular formula is C9H20ClN. The number of halogens is 1. The molecule has 2 heteroatoms. The summed E-state index contributed by atoms with van der Waals surface area (Å²) in [7, 11) is 0. The van der Waals surface area contributed by atoms with Gasteiger partial charge in [0.1, 0.15) is 0 Å². The summed E-state index contributed by atoms with van der Waals surface area (Å²) in [5.74, 6) is 1.54. The van der Waals surface area contributed by atoms with Crippen LogP contribution in [-0.2, 0) is 0 Å². The molecule has 0 aromatic rings. The summed E-state index contributed by atoms with van der Waals surface area (Å²) in [6.45, 7) is 7.79. The van der Waals surface area contributed by atoms with Crippen LogP contribution in [0.1, 0.15) is 33.6 Å². The second kappa shape index (κ2) is 6.93. The van der Waals surface area contributed by atoms with Crippen molar-refractivity contribution in [1.82, 2.24) is 5.32 Å². The maximum absolute atomic E-state index is 5.61. The van der Waals surface area contributed by atoms with Gasteiger partial charge in [-0.25, -0.2) is 0 Å². The van der Waals surface area contributed by atoms with E-state index in [1.165, 1.54) is 6.42 Å². The van der Waals surface area contributed by atoms with Crippen molar-refractivity contribution in [1.29, 1.82) is 0 Å². The number of nitrogens with one attached hydrogen (secondary N) is 1. The average Bonchev–Trinajstić information content (AvgIpc) is 2.01. The van der Waals surface area contributed by atoms with Crippen LogP contribution in [0.3, 0.4) is 0 Å². The Balaban J connectivity index is 3.22. The highest BCUT2D eigenvalue weighted by Crippen LogP contribution is 1.99. The monoisotopic (exact) mass is 177 g/mol. The lowest BCUT2D eigenvalue weighted by Gasteiger charge is -2.15. The first-order valence-corrected chi connectivity index (χ1v) is 5.03. The molecule has 0 aromatic heterocycles. The van der Waals surface area contributed by atoms with Crippen molar-refractivity contribution >= 4 is 11.6 Å². The van der Waals surface area contributed by atoms with E-state index in [1.54, 1.807) is 0 Å². The zero-order chi connectivity index (χ0) is 8.69. The van der Waals surface area contributed by atoms with Crippen molar-refractivity contribution in [2.75, 3.05) is 12.4 Å². The second-order valence-corrected chi connectivity index (χ2v) is 3.68. The summed E-state index contributed by atoms with van der Waals surface area (Å²) in [4.78, 5) is 0. The molecule has 0 aliphatic rings. The van der Waals surface area contributed by atoms with Crippen molar-refractivity contribution < 1.29 is 0 Å². The van der Waals surface area contributed by atoms with Gasteiger partial charge in [-0.1, -0.05) is 20.3 Å². The van der Waals surface area contributed by atoms with Gasteiger partial charge in [-0.05, 0) is 25.8 Å². The van der Waals surface area contributed by atoms with Crippen molar-refractivity contribution in [3.05, 3.63) is 0 Å². The first-order chi connectivity index (χ1) is 5.20. The summed E-state index contributed by atoms with van der Waals surface area (Å²) in [6.07, 6.45) is 2.32.